The van der Waals surface area contributed by atoms with Gasteiger partial charge in [0.15, 0.2) is 0 Å². The van der Waals surface area contributed by atoms with E-state index in [4.69, 9.17) is 0 Å². The van der Waals surface area contributed by atoms with Crippen molar-refractivity contribution in [3.8, 4) is 0 Å². The van der Waals surface area contributed by atoms with Crippen LogP contribution in [0.5, 0.6) is 0 Å². The van der Waals surface area contributed by atoms with Gasteiger partial charge in [-0.25, -0.2) is 0 Å². The van der Waals surface area contributed by atoms with E-state index in [0.29, 0.717) is 6.42 Å². The van der Waals surface area contributed by atoms with Crippen molar-refractivity contribution in [2.45, 2.75) is 51.9 Å². The molecule has 0 N–H and O–H groups in total. The van der Waals surface area contributed by atoms with Crippen LogP contribution in [0.4, 0.5) is 0 Å². The fourth-order valence-corrected chi connectivity index (χ4v) is 1.19. The van der Waals surface area contributed by atoms with E-state index in [0.717, 1.165) is 19.3 Å². The molecule has 0 aromatic rings. The van der Waals surface area contributed by atoms with Gasteiger partial charge < -0.3 is 4.74 Å². The number of methoxy groups -OCH3 is 1. The molecular weight excluding hydrogens is 176 g/mol. The second kappa shape index (κ2) is 10.3. The van der Waals surface area contributed by atoms with Gasteiger partial charge in [0, 0.05) is 6.42 Å². The summed E-state index contributed by atoms with van der Waals surface area (Å²) in [6.07, 6.45) is 11.8. The average Bonchev–Trinajstić information content (AvgIpc) is 2.21. The lowest BCUT2D eigenvalue weighted by molar-refractivity contribution is -0.140. The van der Waals surface area contributed by atoms with E-state index in [1.54, 1.807) is 0 Å². The minimum absolute atomic E-state index is 0.0973. The van der Waals surface area contributed by atoms with Crippen LogP contribution in [0.25, 0.3) is 0 Å². The minimum atomic E-state index is -0.0973. The molecule has 14 heavy (non-hydrogen) atoms. The van der Waals surface area contributed by atoms with Crippen molar-refractivity contribution in [2.24, 2.45) is 0 Å². The van der Waals surface area contributed by atoms with Gasteiger partial charge >= 0.3 is 5.97 Å². The molecule has 2 heteroatoms. The molecule has 0 fully saturated rings. The van der Waals surface area contributed by atoms with E-state index in [1.807, 2.05) is 0 Å². The number of esters is 1. The van der Waals surface area contributed by atoms with Crippen LogP contribution in [0, 0.1) is 0 Å². The molecule has 0 bridgehead atoms. The normalized spacial score (nSPS) is 10.7. The molecule has 0 aromatic heterocycles. The van der Waals surface area contributed by atoms with E-state index >= 15 is 0 Å². The molecule has 0 radical (unpaired) electrons. The summed E-state index contributed by atoms with van der Waals surface area (Å²) >= 11 is 0. The van der Waals surface area contributed by atoms with E-state index in [2.05, 4.69) is 23.8 Å². The Balaban J connectivity index is 3.12. The topological polar surface area (TPSA) is 26.3 Å². The molecule has 0 aliphatic rings. The van der Waals surface area contributed by atoms with Crippen LogP contribution in [0.1, 0.15) is 51.9 Å². The van der Waals surface area contributed by atoms with Gasteiger partial charge in [0.25, 0.3) is 0 Å². The smallest absolute Gasteiger partial charge is 0.305 e. The summed E-state index contributed by atoms with van der Waals surface area (Å²) in [4.78, 5) is 10.7. The largest absolute Gasteiger partial charge is 0.469 e. The molecule has 0 spiro atoms. The Morgan fingerprint density at radius 1 is 1.14 bits per heavy atom. The molecule has 0 aliphatic heterocycles. The van der Waals surface area contributed by atoms with Gasteiger partial charge in [-0.15, -0.1) is 0 Å². The standard InChI is InChI=1S/C12H22O2/c1-3-4-5-6-7-8-9-10-11-12(13)14-2/h6-7H,3-5,8-11H2,1-2H3. The van der Waals surface area contributed by atoms with Gasteiger partial charge in [0.05, 0.1) is 7.11 Å². The minimum Gasteiger partial charge on any atom is -0.469 e. The lowest BCUT2D eigenvalue weighted by Crippen LogP contribution is -1.98. The van der Waals surface area contributed by atoms with E-state index in [9.17, 15) is 4.79 Å². The molecule has 0 saturated heterocycles. The Morgan fingerprint density at radius 2 is 1.79 bits per heavy atom. The van der Waals surface area contributed by atoms with Crippen LogP contribution in [-0.2, 0) is 9.53 Å². The van der Waals surface area contributed by atoms with Gasteiger partial charge in [-0.05, 0) is 25.7 Å². The first-order valence-corrected chi connectivity index (χ1v) is 5.53. The number of unbranched alkanes of at least 4 members (excludes halogenated alkanes) is 4. The molecule has 0 heterocycles. The van der Waals surface area contributed by atoms with E-state index in [1.165, 1.54) is 26.4 Å². The fourth-order valence-electron chi connectivity index (χ4n) is 1.19. The second-order valence-corrected chi connectivity index (χ2v) is 3.44. The molecule has 0 saturated carbocycles. The number of hydrogen-bond donors (Lipinski definition) is 0. The van der Waals surface area contributed by atoms with Crippen molar-refractivity contribution >= 4 is 5.97 Å². The third kappa shape index (κ3) is 9.30. The summed E-state index contributed by atoms with van der Waals surface area (Å²) in [5.74, 6) is -0.0973. The van der Waals surface area contributed by atoms with E-state index in [-0.39, 0.29) is 5.97 Å². The molecule has 0 aliphatic carbocycles. The summed E-state index contributed by atoms with van der Waals surface area (Å²) in [6, 6.07) is 0. The summed E-state index contributed by atoms with van der Waals surface area (Å²) in [5.41, 5.74) is 0. The van der Waals surface area contributed by atoms with Crippen molar-refractivity contribution in [3.63, 3.8) is 0 Å². The first-order valence-electron chi connectivity index (χ1n) is 5.53. The van der Waals surface area contributed by atoms with Crippen molar-refractivity contribution in [2.75, 3.05) is 7.11 Å². The van der Waals surface area contributed by atoms with E-state index < -0.39 is 0 Å². The van der Waals surface area contributed by atoms with Crippen LogP contribution < -0.4 is 0 Å². The van der Waals surface area contributed by atoms with Crippen molar-refractivity contribution in [1.82, 2.24) is 0 Å². The highest BCUT2D eigenvalue weighted by molar-refractivity contribution is 5.68. The number of ether oxygens (including phenoxy) is 1. The van der Waals surface area contributed by atoms with Gasteiger partial charge in [-0.2, -0.15) is 0 Å². The SMILES string of the molecule is CCCCC=CCCCCC(=O)OC. The monoisotopic (exact) mass is 198 g/mol. The quantitative estimate of drug-likeness (QED) is 0.339. The molecule has 2 nitrogen and oxygen atoms in total. The lowest BCUT2D eigenvalue weighted by atomic mass is 10.1. The average molecular weight is 198 g/mol. The van der Waals surface area contributed by atoms with Crippen molar-refractivity contribution in [3.05, 3.63) is 12.2 Å². The Bertz CT molecular complexity index is 162. The van der Waals surface area contributed by atoms with Crippen LogP contribution in [0.15, 0.2) is 12.2 Å². The predicted molar refractivity (Wildman–Crippen MR) is 59.1 cm³/mol. The summed E-state index contributed by atoms with van der Waals surface area (Å²) in [6.45, 7) is 2.20. The van der Waals surface area contributed by atoms with Gasteiger partial charge in [0.1, 0.15) is 0 Å². The number of rotatable bonds is 8. The molecular formula is C12H22O2. The van der Waals surface area contributed by atoms with Crippen LogP contribution >= 0.6 is 0 Å². The molecule has 0 atom stereocenters. The zero-order valence-corrected chi connectivity index (χ0v) is 9.42. The summed E-state index contributed by atoms with van der Waals surface area (Å²) in [5, 5.41) is 0. The highest BCUT2D eigenvalue weighted by atomic mass is 16.5. The maximum absolute atomic E-state index is 10.7. The Hall–Kier alpha value is -0.790. The zero-order valence-electron chi connectivity index (χ0n) is 9.42. The number of carbonyl (C=O) groups excluding carboxylic acids is 1. The third-order valence-corrected chi connectivity index (χ3v) is 2.12. The maximum atomic E-state index is 10.7. The van der Waals surface area contributed by atoms with Crippen LogP contribution in [0.3, 0.4) is 0 Å². The van der Waals surface area contributed by atoms with Gasteiger partial charge in [-0.1, -0.05) is 31.9 Å². The molecule has 82 valence electrons. The van der Waals surface area contributed by atoms with Gasteiger partial charge in [0.2, 0.25) is 0 Å². The second-order valence-electron chi connectivity index (χ2n) is 3.44. The Kier molecular flexibility index (Phi) is 9.71. The lowest BCUT2D eigenvalue weighted by Gasteiger charge is -1.97. The fraction of sp³-hybridized carbons (Fsp3) is 0.750. The van der Waals surface area contributed by atoms with Crippen molar-refractivity contribution < 1.29 is 9.53 Å². The Labute approximate surface area is 87.3 Å². The molecule has 0 aromatic carbocycles. The highest BCUT2D eigenvalue weighted by Crippen LogP contribution is 2.03. The number of hydrogen-bond acceptors (Lipinski definition) is 2. The highest BCUT2D eigenvalue weighted by Gasteiger charge is 1.97. The van der Waals surface area contributed by atoms with Crippen LogP contribution in [0.2, 0.25) is 0 Å². The predicted octanol–water partition coefficient (Wildman–Crippen LogP) is 3.47. The van der Waals surface area contributed by atoms with Crippen LogP contribution in [-0.4, -0.2) is 13.1 Å². The van der Waals surface area contributed by atoms with Gasteiger partial charge in [-0.3, -0.25) is 4.79 Å². The molecule has 0 rings (SSSR count). The number of carbonyl (C=O) groups is 1. The third-order valence-electron chi connectivity index (χ3n) is 2.12. The Morgan fingerprint density at radius 3 is 2.36 bits per heavy atom. The maximum Gasteiger partial charge on any atom is 0.305 e. The number of allylic oxidation sites excluding steroid dienone is 2. The molecule has 0 unspecified atom stereocenters. The summed E-state index contributed by atoms with van der Waals surface area (Å²) in [7, 11) is 1.44. The zero-order chi connectivity index (χ0) is 10.6. The first-order chi connectivity index (χ1) is 6.81. The first kappa shape index (κ1) is 13.2. The molecule has 0 amide bonds. The summed E-state index contributed by atoms with van der Waals surface area (Å²) < 4.78 is 4.55. The van der Waals surface area contributed by atoms with Crippen molar-refractivity contribution in [1.29, 1.82) is 0 Å².